The number of hydrogen-bond donors (Lipinski definition) is 1. The molecule has 68 valence electrons. The molecule has 2 rings (SSSR count). The van der Waals surface area contributed by atoms with Crippen LogP contribution in [0, 0.1) is 20.8 Å². The van der Waals surface area contributed by atoms with Gasteiger partial charge in [-0.3, -0.25) is 0 Å². The van der Waals surface area contributed by atoms with Crippen molar-refractivity contribution in [1.82, 2.24) is 4.98 Å². The fraction of sp³-hybridized carbons (Fsp3) is 0.300. The fourth-order valence-electron chi connectivity index (χ4n) is 1.43. The summed E-state index contributed by atoms with van der Waals surface area (Å²) < 4.78 is 5.40. The van der Waals surface area contributed by atoms with Gasteiger partial charge in [0.05, 0.1) is 5.69 Å². The third kappa shape index (κ3) is 1.08. The van der Waals surface area contributed by atoms with Crippen molar-refractivity contribution in [3.05, 3.63) is 23.1 Å². The van der Waals surface area contributed by atoms with E-state index >= 15 is 0 Å². The lowest BCUT2D eigenvalue weighted by Gasteiger charge is -2.02. The number of aryl methyl sites for hydroxylation is 2. The zero-order valence-corrected chi connectivity index (χ0v) is 8.01. The molecular formula is C10H12N2O. The average Bonchev–Trinajstić information content (AvgIpc) is 2.42. The fourth-order valence-corrected chi connectivity index (χ4v) is 1.43. The van der Waals surface area contributed by atoms with Gasteiger partial charge in [-0.05, 0) is 31.0 Å². The van der Waals surface area contributed by atoms with E-state index in [9.17, 15) is 0 Å². The SMILES string of the molecule is Cc1nc2cc(C)c(C)c(N)c2o1. The summed E-state index contributed by atoms with van der Waals surface area (Å²) in [7, 11) is 0. The van der Waals surface area contributed by atoms with Crippen LogP contribution in [0.3, 0.4) is 0 Å². The summed E-state index contributed by atoms with van der Waals surface area (Å²) in [6, 6.07) is 2.00. The van der Waals surface area contributed by atoms with Gasteiger partial charge in [-0.1, -0.05) is 0 Å². The molecule has 1 aromatic carbocycles. The Labute approximate surface area is 76.6 Å². The van der Waals surface area contributed by atoms with Gasteiger partial charge in [0.2, 0.25) is 0 Å². The summed E-state index contributed by atoms with van der Waals surface area (Å²) in [6.45, 7) is 5.83. The second-order valence-corrected chi connectivity index (χ2v) is 3.31. The molecule has 0 fully saturated rings. The van der Waals surface area contributed by atoms with Crippen LogP contribution >= 0.6 is 0 Å². The maximum absolute atomic E-state index is 5.90. The molecule has 0 radical (unpaired) electrons. The van der Waals surface area contributed by atoms with Gasteiger partial charge in [0.1, 0.15) is 5.52 Å². The van der Waals surface area contributed by atoms with Gasteiger partial charge >= 0.3 is 0 Å². The lowest BCUT2D eigenvalue weighted by Crippen LogP contribution is -1.92. The van der Waals surface area contributed by atoms with E-state index in [1.807, 2.05) is 26.8 Å². The van der Waals surface area contributed by atoms with Gasteiger partial charge in [-0.25, -0.2) is 4.98 Å². The minimum atomic E-state index is 0.659. The molecule has 3 heteroatoms. The van der Waals surface area contributed by atoms with Crippen molar-refractivity contribution < 1.29 is 4.42 Å². The largest absolute Gasteiger partial charge is 0.439 e. The Bertz CT molecular complexity index is 471. The van der Waals surface area contributed by atoms with Crippen molar-refractivity contribution >= 4 is 16.8 Å². The summed E-state index contributed by atoms with van der Waals surface area (Å²) in [4.78, 5) is 4.23. The Morgan fingerprint density at radius 2 is 2.00 bits per heavy atom. The minimum Gasteiger partial charge on any atom is -0.439 e. The highest BCUT2D eigenvalue weighted by Crippen LogP contribution is 2.27. The molecule has 2 aromatic rings. The first kappa shape index (κ1) is 8.10. The summed E-state index contributed by atoms with van der Waals surface area (Å²) in [5.74, 6) is 0.659. The van der Waals surface area contributed by atoms with Crippen molar-refractivity contribution in [3.8, 4) is 0 Å². The standard InChI is InChI=1S/C10H12N2O/c1-5-4-8-10(9(11)6(5)2)13-7(3)12-8/h4H,11H2,1-3H3. The number of aromatic nitrogens is 1. The predicted molar refractivity (Wildman–Crippen MR) is 52.6 cm³/mol. The third-order valence-corrected chi connectivity index (χ3v) is 2.35. The Morgan fingerprint density at radius 1 is 1.31 bits per heavy atom. The van der Waals surface area contributed by atoms with Gasteiger partial charge in [0.15, 0.2) is 11.5 Å². The third-order valence-electron chi connectivity index (χ3n) is 2.35. The number of hydrogen-bond acceptors (Lipinski definition) is 3. The van der Waals surface area contributed by atoms with Gasteiger partial charge in [0, 0.05) is 6.92 Å². The van der Waals surface area contributed by atoms with Gasteiger partial charge in [-0.15, -0.1) is 0 Å². The first-order chi connectivity index (χ1) is 6.09. The second kappa shape index (κ2) is 2.49. The molecule has 0 unspecified atom stereocenters. The zero-order chi connectivity index (χ0) is 9.59. The first-order valence-electron chi connectivity index (χ1n) is 4.22. The Balaban J connectivity index is 2.92. The molecule has 0 aliphatic carbocycles. The smallest absolute Gasteiger partial charge is 0.192 e. The number of rotatable bonds is 0. The number of benzene rings is 1. The van der Waals surface area contributed by atoms with Crippen LogP contribution in [-0.4, -0.2) is 4.98 Å². The summed E-state index contributed by atoms with van der Waals surface area (Å²) in [5, 5.41) is 0. The quantitative estimate of drug-likeness (QED) is 0.627. The van der Waals surface area contributed by atoms with Crippen LogP contribution in [-0.2, 0) is 0 Å². The molecule has 0 saturated heterocycles. The van der Waals surface area contributed by atoms with E-state index in [0.717, 1.165) is 16.6 Å². The highest BCUT2D eigenvalue weighted by atomic mass is 16.3. The molecule has 0 spiro atoms. The van der Waals surface area contributed by atoms with Crippen LogP contribution in [0.4, 0.5) is 5.69 Å². The summed E-state index contributed by atoms with van der Waals surface area (Å²) in [6.07, 6.45) is 0. The molecule has 0 aliphatic rings. The molecular weight excluding hydrogens is 164 g/mol. The van der Waals surface area contributed by atoms with E-state index in [4.69, 9.17) is 10.2 Å². The second-order valence-electron chi connectivity index (χ2n) is 3.31. The van der Waals surface area contributed by atoms with Crippen molar-refractivity contribution in [2.45, 2.75) is 20.8 Å². The maximum atomic E-state index is 5.90. The van der Waals surface area contributed by atoms with Crippen LogP contribution in [0.1, 0.15) is 17.0 Å². The summed E-state index contributed by atoms with van der Waals surface area (Å²) >= 11 is 0. The summed E-state index contributed by atoms with van der Waals surface area (Å²) in [5.41, 5.74) is 10.4. The molecule has 3 nitrogen and oxygen atoms in total. The highest BCUT2D eigenvalue weighted by molar-refractivity contribution is 5.88. The van der Waals surface area contributed by atoms with E-state index in [-0.39, 0.29) is 0 Å². The van der Waals surface area contributed by atoms with Crippen LogP contribution in [0.25, 0.3) is 11.1 Å². The topological polar surface area (TPSA) is 52.0 Å². The van der Waals surface area contributed by atoms with Crippen molar-refractivity contribution in [2.75, 3.05) is 5.73 Å². The molecule has 13 heavy (non-hydrogen) atoms. The molecule has 0 saturated carbocycles. The van der Waals surface area contributed by atoms with E-state index in [2.05, 4.69) is 4.98 Å². The number of nitrogen functional groups attached to an aromatic ring is 1. The molecule has 1 heterocycles. The Morgan fingerprint density at radius 3 is 2.69 bits per heavy atom. The van der Waals surface area contributed by atoms with Crippen molar-refractivity contribution in [1.29, 1.82) is 0 Å². The van der Waals surface area contributed by atoms with Crippen LogP contribution in [0.5, 0.6) is 0 Å². The molecule has 0 amide bonds. The van der Waals surface area contributed by atoms with Crippen molar-refractivity contribution in [2.24, 2.45) is 0 Å². The molecule has 2 N–H and O–H groups in total. The lowest BCUT2D eigenvalue weighted by molar-refractivity contribution is 0.562. The van der Waals surface area contributed by atoms with E-state index in [1.165, 1.54) is 0 Å². The first-order valence-corrected chi connectivity index (χ1v) is 4.22. The number of nitrogens with zero attached hydrogens (tertiary/aromatic N) is 1. The average molecular weight is 176 g/mol. The van der Waals surface area contributed by atoms with Crippen LogP contribution in [0.2, 0.25) is 0 Å². The lowest BCUT2D eigenvalue weighted by atomic mass is 10.1. The van der Waals surface area contributed by atoms with E-state index in [0.29, 0.717) is 17.2 Å². The maximum Gasteiger partial charge on any atom is 0.192 e. The normalized spacial score (nSPS) is 11.0. The van der Waals surface area contributed by atoms with Gasteiger partial charge in [-0.2, -0.15) is 0 Å². The Kier molecular flexibility index (Phi) is 1.55. The number of oxazole rings is 1. The van der Waals surface area contributed by atoms with E-state index < -0.39 is 0 Å². The minimum absolute atomic E-state index is 0.659. The molecule has 0 aliphatic heterocycles. The van der Waals surface area contributed by atoms with Crippen molar-refractivity contribution in [3.63, 3.8) is 0 Å². The Hall–Kier alpha value is -1.51. The van der Waals surface area contributed by atoms with Crippen LogP contribution in [0.15, 0.2) is 10.5 Å². The number of nitrogens with two attached hydrogens (primary N) is 1. The van der Waals surface area contributed by atoms with Crippen LogP contribution < -0.4 is 5.73 Å². The van der Waals surface area contributed by atoms with Gasteiger partial charge in [0.25, 0.3) is 0 Å². The zero-order valence-electron chi connectivity index (χ0n) is 8.01. The molecule has 0 bridgehead atoms. The highest BCUT2D eigenvalue weighted by Gasteiger charge is 2.09. The van der Waals surface area contributed by atoms with Gasteiger partial charge < -0.3 is 10.2 Å². The molecule has 0 atom stereocenters. The molecule has 1 aromatic heterocycles. The van der Waals surface area contributed by atoms with E-state index in [1.54, 1.807) is 0 Å². The number of anilines is 1. The number of fused-ring (bicyclic) bond motifs is 1. The predicted octanol–water partition coefficient (Wildman–Crippen LogP) is 2.34. The monoisotopic (exact) mass is 176 g/mol.